The average Bonchev–Trinajstić information content (AvgIpc) is 1.91. The number of hydrogen-bond donors (Lipinski definition) is 1. The van der Waals surface area contributed by atoms with Gasteiger partial charge in [0.2, 0.25) is 0 Å². The first-order valence-electron chi connectivity index (χ1n) is 2.68. The van der Waals surface area contributed by atoms with Crippen molar-refractivity contribution < 1.29 is 2.78 Å². The van der Waals surface area contributed by atoms with Gasteiger partial charge in [0, 0.05) is 6.54 Å². The predicted molar refractivity (Wildman–Crippen MR) is 21.8 cm³/mol. The third kappa shape index (κ3) is 0.407. The van der Waals surface area contributed by atoms with Crippen molar-refractivity contribution in [1.82, 2.24) is 5.31 Å². The number of rotatable bonds is 0. The molecule has 0 aliphatic carbocycles. The highest BCUT2D eigenvalue weighted by Gasteiger charge is 1.81. The third-order valence-corrected chi connectivity index (χ3v) is 0.568. The summed E-state index contributed by atoms with van der Waals surface area (Å²) in [4.78, 5) is 0. The van der Waals surface area contributed by atoms with Crippen molar-refractivity contribution in [3.63, 3.8) is 0 Å². The van der Waals surface area contributed by atoms with Gasteiger partial charge in [0.05, 0.1) is 1.37 Å². The minimum absolute atomic E-state index is 0.333. The van der Waals surface area contributed by atoms with Crippen LogP contribution in [0.1, 0.15) is 7.79 Å². The first-order chi connectivity index (χ1) is 3.30. The lowest BCUT2D eigenvalue weighted by atomic mass is 10.5. The quantitative estimate of drug-likeness (QED) is 0.438. The van der Waals surface area contributed by atoms with E-state index in [0.29, 0.717) is 12.7 Å². The zero-order valence-electron chi connectivity index (χ0n) is 4.94. The molecule has 1 N–H and O–H groups in total. The van der Waals surface area contributed by atoms with Gasteiger partial charge in [-0.1, -0.05) is 6.08 Å². The molecule has 0 aromatic rings. The van der Waals surface area contributed by atoms with E-state index < -0.39 is 0 Å². The highest BCUT2D eigenvalue weighted by molar-refractivity contribution is 4.86. The summed E-state index contributed by atoms with van der Waals surface area (Å²) in [6.45, 7) is 0.693. The normalized spacial score (nSPS) is 28.8. The van der Waals surface area contributed by atoms with Crippen LogP contribution in [0.25, 0.3) is 0 Å². The molecule has 0 radical (unpaired) electrons. The molecular formula is C4H7N. The van der Waals surface area contributed by atoms with Crippen molar-refractivity contribution >= 4 is 0 Å². The van der Waals surface area contributed by atoms with E-state index in [-0.39, 0.29) is 0 Å². The SMILES string of the molecule is [2H]C1=CCCN1[2H]. The van der Waals surface area contributed by atoms with Gasteiger partial charge in [0.1, 0.15) is 0 Å². The Morgan fingerprint density at radius 2 is 3.20 bits per heavy atom. The minimum Gasteiger partial charge on any atom is -0.391 e. The largest absolute Gasteiger partial charge is 0.391 e. The second-order valence-corrected chi connectivity index (χ2v) is 1.00. The number of hydrogen-bond acceptors (Lipinski definition) is 1. The van der Waals surface area contributed by atoms with Crippen molar-refractivity contribution in [3.8, 4) is 0 Å². The van der Waals surface area contributed by atoms with E-state index in [1.165, 1.54) is 5.31 Å². The maximum absolute atomic E-state index is 6.94. The monoisotopic (exact) mass is 71.1 g/mol. The van der Waals surface area contributed by atoms with Crippen molar-refractivity contribution in [2.75, 3.05) is 6.54 Å². The molecule has 5 heavy (non-hydrogen) atoms. The minimum atomic E-state index is 0.333. The first kappa shape index (κ1) is 1.33. The molecule has 1 aliphatic heterocycles. The molecule has 1 heterocycles. The molecule has 0 unspecified atom stereocenters. The molecular weight excluding hydrogens is 62.1 g/mol. The summed E-state index contributed by atoms with van der Waals surface area (Å²) in [6.07, 6.45) is 2.94. The zero-order valence-corrected chi connectivity index (χ0v) is 2.94. The average molecular weight is 71.1 g/mol. The Kier molecular flexibility index (Phi) is 0.295. The lowest BCUT2D eigenvalue weighted by Gasteiger charge is -1.78. The van der Waals surface area contributed by atoms with Crippen LogP contribution in [-0.4, -0.2) is 6.54 Å². The molecule has 0 aromatic heterocycles. The van der Waals surface area contributed by atoms with E-state index in [4.69, 9.17) is 2.78 Å². The lowest BCUT2D eigenvalue weighted by molar-refractivity contribution is 0.917. The Labute approximate surface area is 34.6 Å². The molecule has 0 amide bonds. The smallest absolute Gasteiger partial charge is 0.159 e. The fourth-order valence-corrected chi connectivity index (χ4v) is 0.323. The second-order valence-electron chi connectivity index (χ2n) is 1.00. The molecule has 1 nitrogen and oxygen atoms in total. The van der Waals surface area contributed by atoms with Crippen molar-refractivity contribution in [2.45, 2.75) is 6.42 Å². The highest BCUT2D eigenvalue weighted by atomic mass is 14.8. The van der Waals surface area contributed by atoms with Gasteiger partial charge in [-0.05, 0) is 12.6 Å². The van der Waals surface area contributed by atoms with E-state index >= 15 is 0 Å². The first-order valence-corrected chi connectivity index (χ1v) is 1.74. The van der Waals surface area contributed by atoms with Crippen LogP contribution in [0.15, 0.2) is 12.3 Å². The van der Waals surface area contributed by atoms with Crippen LogP contribution >= 0.6 is 0 Å². The molecule has 0 saturated heterocycles. The summed E-state index contributed by atoms with van der Waals surface area (Å²) < 4.78 is 13.9. The zero-order chi connectivity index (χ0) is 5.28. The topological polar surface area (TPSA) is 12.0 Å². The van der Waals surface area contributed by atoms with Gasteiger partial charge < -0.3 is 5.31 Å². The van der Waals surface area contributed by atoms with Crippen LogP contribution in [0.3, 0.4) is 0 Å². The van der Waals surface area contributed by atoms with Crippen molar-refractivity contribution in [3.05, 3.63) is 12.3 Å². The van der Waals surface area contributed by atoms with E-state index in [1.54, 1.807) is 6.08 Å². The standard InChI is InChI=1S/C4H7N/c1-2-4-5-3-1/h1,3,5H,2,4H2/i3D/hD. The van der Waals surface area contributed by atoms with E-state index in [0.717, 1.165) is 6.42 Å². The van der Waals surface area contributed by atoms with E-state index in [9.17, 15) is 0 Å². The summed E-state index contributed by atoms with van der Waals surface area (Å²) in [5.41, 5.74) is 0. The summed E-state index contributed by atoms with van der Waals surface area (Å²) in [5, 5.41) is 1.18. The van der Waals surface area contributed by atoms with E-state index in [1.807, 2.05) is 0 Å². The molecule has 0 spiro atoms. The van der Waals surface area contributed by atoms with Crippen LogP contribution in [0.5, 0.6) is 0 Å². The Hall–Kier alpha value is -0.460. The van der Waals surface area contributed by atoms with Crippen LogP contribution in [-0.2, 0) is 0 Å². The summed E-state index contributed by atoms with van der Waals surface area (Å²) >= 11 is 0. The molecule has 0 bridgehead atoms. The molecule has 0 saturated carbocycles. The predicted octanol–water partition coefficient (Wildman–Crippen LogP) is 0.493. The van der Waals surface area contributed by atoms with Gasteiger partial charge >= 0.3 is 0 Å². The van der Waals surface area contributed by atoms with Gasteiger partial charge in [0.25, 0.3) is 0 Å². The fraction of sp³-hybridized carbons (Fsp3) is 0.500. The Morgan fingerprint density at radius 3 is 3.40 bits per heavy atom. The molecule has 1 aliphatic rings. The second kappa shape index (κ2) is 1.11. The number of nitrogens with one attached hydrogen (secondary N) is 1. The lowest BCUT2D eigenvalue weighted by Crippen LogP contribution is -1.96. The third-order valence-electron chi connectivity index (χ3n) is 0.568. The van der Waals surface area contributed by atoms with Gasteiger partial charge in [-0.2, -0.15) is 0 Å². The van der Waals surface area contributed by atoms with Gasteiger partial charge in [-0.15, -0.1) is 0 Å². The van der Waals surface area contributed by atoms with Crippen molar-refractivity contribution in [1.29, 1.82) is 0 Å². The van der Waals surface area contributed by atoms with Crippen molar-refractivity contribution in [2.24, 2.45) is 0 Å². The van der Waals surface area contributed by atoms with E-state index in [2.05, 4.69) is 0 Å². The Balaban J connectivity index is 2.54. The molecule has 1 rings (SSSR count). The molecule has 1 heteroatoms. The molecule has 0 aromatic carbocycles. The van der Waals surface area contributed by atoms with Gasteiger partial charge in [0.15, 0.2) is 1.41 Å². The molecule has 28 valence electrons. The van der Waals surface area contributed by atoms with Crippen LogP contribution in [0.4, 0.5) is 0 Å². The van der Waals surface area contributed by atoms with Gasteiger partial charge in [-0.3, -0.25) is 0 Å². The van der Waals surface area contributed by atoms with Crippen LogP contribution < -0.4 is 5.31 Å². The fourth-order valence-electron chi connectivity index (χ4n) is 0.323. The molecule has 0 atom stereocenters. The summed E-state index contributed by atoms with van der Waals surface area (Å²) in [7, 11) is 0. The van der Waals surface area contributed by atoms with Crippen LogP contribution in [0, 0.1) is 0 Å². The summed E-state index contributed by atoms with van der Waals surface area (Å²) in [6, 6.07) is 0. The Morgan fingerprint density at radius 1 is 2.20 bits per heavy atom. The summed E-state index contributed by atoms with van der Waals surface area (Å²) in [5.74, 6) is 0. The maximum Gasteiger partial charge on any atom is 0.159 e. The Bertz CT molecular complexity index is 99.9. The highest BCUT2D eigenvalue weighted by Crippen LogP contribution is 1.84. The van der Waals surface area contributed by atoms with Gasteiger partial charge in [-0.25, -0.2) is 0 Å². The maximum atomic E-state index is 6.94. The molecule has 0 fully saturated rings. The van der Waals surface area contributed by atoms with Crippen LogP contribution in [0.2, 0.25) is 1.41 Å².